The van der Waals surface area contributed by atoms with Crippen LogP contribution in [0.4, 0.5) is 5.69 Å². The van der Waals surface area contributed by atoms with Crippen molar-refractivity contribution in [3.8, 4) is 5.75 Å². The van der Waals surface area contributed by atoms with Crippen molar-refractivity contribution in [1.29, 1.82) is 0 Å². The van der Waals surface area contributed by atoms with E-state index in [2.05, 4.69) is 10.0 Å². The van der Waals surface area contributed by atoms with Crippen LogP contribution in [0.15, 0.2) is 41.3 Å². The van der Waals surface area contributed by atoms with Gasteiger partial charge in [-0.25, -0.2) is 8.42 Å². The van der Waals surface area contributed by atoms with Gasteiger partial charge in [0.25, 0.3) is 0 Å². The zero-order chi connectivity index (χ0) is 19.5. The number of nitrogens with one attached hydrogen (secondary N) is 2. The highest BCUT2D eigenvalue weighted by Gasteiger charge is 2.23. The molecule has 6 nitrogen and oxygen atoms in total. The van der Waals surface area contributed by atoms with E-state index in [1.165, 1.54) is 50.4 Å². The van der Waals surface area contributed by atoms with Gasteiger partial charge in [0.05, 0.1) is 38.8 Å². The number of anilines is 1. The van der Waals surface area contributed by atoms with Crippen LogP contribution in [0.1, 0.15) is 6.92 Å². The molecule has 0 unspecified atom stereocenters. The number of rotatable bonds is 6. The molecule has 10 heteroatoms. The van der Waals surface area contributed by atoms with Gasteiger partial charge in [-0.2, -0.15) is 4.72 Å². The van der Waals surface area contributed by atoms with Gasteiger partial charge < -0.3 is 10.1 Å². The first-order chi connectivity index (χ1) is 12.1. The maximum absolute atomic E-state index is 12.4. The summed E-state index contributed by atoms with van der Waals surface area (Å²) in [6, 6.07) is 7.47. The first-order valence-corrected chi connectivity index (χ1v) is 9.87. The predicted molar refractivity (Wildman–Crippen MR) is 103 cm³/mol. The number of sulfonamides is 1. The van der Waals surface area contributed by atoms with Crippen molar-refractivity contribution in [2.45, 2.75) is 17.9 Å². The molecule has 0 aliphatic carbocycles. The third-order valence-corrected chi connectivity index (χ3v) is 5.95. The molecule has 1 amide bonds. The minimum atomic E-state index is -3.89. The molecule has 140 valence electrons. The van der Waals surface area contributed by atoms with Gasteiger partial charge in [0, 0.05) is 0 Å². The maximum Gasteiger partial charge on any atom is 0.242 e. The summed E-state index contributed by atoms with van der Waals surface area (Å²) in [7, 11) is -2.42. The van der Waals surface area contributed by atoms with Crippen LogP contribution in [-0.2, 0) is 14.8 Å². The van der Waals surface area contributed by atoms with E-state index in [0.717, 1.165) is 0 Å². The second-order valence-corrected chi connectivity index (χ2v) is 8.19. The molecule has 0 saturated heterocycles. The van der Waals surface area contributed by atoms with Gasteiger partial charge in [0.2, 0.25) is 15.9 Å². The molecule has 0 saturated carbocycles. The zero-order valence-corrected chi connectivity index (χ0v) is 16.8. The van der Waals surface area contributed by atoms with Gasteiger partial charge in [-0.15, -0.1) is 0 Å². The smallest absolute Gasteiger partial charge is 0.242 e. The SMILES string of the molecule is COc1ccc(S(=O)(=O)N[C@H](C)C(=O)Nc2cc(Cl)c(Cl)cc2Cl)cc1. The molecule has 0 bridgehead atoms. The molecular weight excluding hydrogens is 423 g/mol. The zero-order valence-electron chi connectivity index (χ0n) is 13.7. The van der Waals surface area contributed by atoms with Gasteiger partial charge >= 0.3 is 0 Å². The molecule has 0 aliphatic rings. The molecule has 2 N–H and O–H groups in total. The Labute approximate surface area is 166 Å². The predicted octanol–water partition coefficient (Wildman–Crippen LogP) is 3.96. The van der Waals surface area contributed by atoms with E-state index >= 15 is 0 Å². The van der Waals surface area contributed by atoms with Crippen LogP contribution in [0.3, 0.4) is 0 Å². The number of ether oxygens (including phenoxy) is 1. The number of hydrogen-bond acceptors (Lipinski definition) is 4. The molecule has 0 aromatic heterocycles. The third-order valence-electron chi connectivity index (χ3n) is 3.36. The summed E-state index contributed by atoms with van der Waals surface area (Å²) in [5, 5.41) is 3.13. The molecule has 26 heavy (non-hydrogen) atoms. The van der Waals surface area contributed by atoms with E-state index < -0.39 is 22.0 Å². The minimum Gasteiger partial charge on any atom is -0.497 e. The van der Waals surface area contributed by atoms with E-state index in [1.54, 1.807) is 0 Å². The number of carbonyl (C=O) groups excluding carboxylic acids is 1. The van der Waals surface area contributed by atoms with Gasteiger partial charge in [-0.05, 0) is 43.3 Å². The van der Waals surface area contributed by atoms with Crippen molar-refractivity contribution in [2.24, 2.45) is 0 Å². The lowest BCUT2D eigenvalue weighted by atomic mass is 10.3. The van der Waals surface area contributed by atoms with Crippen LogP contribution in [-0.4, -0.2) is 27.5 Å². The Balaban J connectivity index is 2.11. The summed E-state index contributed by atoms with van der Waals surface area (Å²) in [5.74, 6) is -0.0913. The molecule has 0 spiro atoms. The summed E-state index contributed by atoms with van der Waals surface area (Å²) in [6.07, 6.45) is 0. The molecule has 2 aromatic rings. The van der Waals surface area contributed by atoms with Crippen LogP contribution < -0.4 is 14.8 Å². The highest BCUT2D eigenvalue weighted by Crippen LogP contribution is 2.32. The van der Waals surface area contributed by atoms with E-state index in [9.17, 15) is 13.2 Å². The normalized spacial score (nSPS) is 12.5. The Bertz CT molecular complexity index is 918. The number of amides is 1. The molecule has 2 aromatic carbocycles. The number of halogens is 3. The summed E-state index contributed by atoms with van der Waals surface area (Å²) in [5.41, 5.74) is 0.224. The van der Waals surface area contributed by atoms with Gasteiger partial charge in [-0.3, -0.25) is 4.79 Å². The number of methoxy groups -OCH3 is 1. The lowest BCUT2D eigenvalue weighted by molar-refractivity contribution is -0.117. The number of carbonyl (C=O) groups is 1. The summed E-state index contributed by atoms with van der Waals surface area (Å²) in [6.45, 7) is 1.40. The van der Waals surface area contributed by atoms with Gasteiger partial charge in [0.15, 0.2) is 0 Å². The Kier molecular flexibility index (Phi) is 6.76. The van der Waals surface area contributed by atoms with Crippen LogP contribution >= 0.6 is 34.8 Å². The van der Waals surface area contributed by atoms with E-state index in [0.29, 0.717) is 5.75 Å². The van der Waals surface area contributed by atoms with Gasteiger partial charge in [0.1, 0.15) is 5.75 Å². The highest BCUT2D eigenvalue weighted by molar-refractivity contribution is 7.89. The van der Waals surface area contributed by atoms with Gasteiger partial charge in [-0.1, -0.05) is 34.8 Å². The quantitative estimate of drug-likeness (QED) is 0.670. The Morgan fingerprint density at radius 2 is 1.62 bits per heavy atom. The van der Waals surface area contributed by atoms with Crippen LogP contribution in [0.5, 0.6) is 5.75 Å². The van der Waals surface area contributed by atoms with E-state index in [1.807, 2.05) is 0 Å². The topological polar surface area (TPSA) is 84.5 Å². The first kappa shape index (κ1) is 20.8. The molecule has 0 heterocycles. The van der Waals surface area contributed by atoms with Crippen LogP contribution in [0.2, 0.25) is 15.1 Å². The monoisotopic (exact) mass is 436 g/mol. The van der Waals surface area contributed by atoms with E-state index in [-0.39, 0.29) is 25.7 Å². The van der Waals surface area contributed by atoms with Crippen molar-refractivity contribution < 1.29 is 17.9 Å². The largest absolute Gasteiger partial charge is 0.497 e. The average molecular weight is 438 g/mol. The van der Waals surface area contributed by atoms with Crippen LogP contribution in [0, 0.1) is 0 Å². The molecule has 0 fully saturated rings. The molecule has 0 aliphatic heterocycles. The van der Waals surface area contributed by atoms with Crippen molar-refractivity contribution in [3.05, 3.63) is 51.5 Å². The fourth-order valence-electron chi connectivity index (χ4n) is 1.97. The number of hydrogen-bond donors (Lipinski definition) is 2. The number of benzene rings is 2. The Hall–Kier alpha value is -1.51. The summed E-state index contributed by atoms with van der Waals surface area (Å²) in [4.78, 5) is 12.3. The fraction of sp³-hybridized carbons (Fsp3) is 0.188. The second kappa shape index (κ2) is 8.45. The summed E-state index contributed by atoms with van der Waals surface area (Å²) < 4.78 is 32.0. The fourth-order valence-corrected chi connectivity index (χ4v) is 3.77. The van der Waals surface area contributed by atoms with Crippen molar-refractivity contribution in [3.63, 3.8) is 0 Å². The lowest BCUT2D eigenvalue weighted by Gasteiger charge is -2.15. The Morgan fingerprint density at radius 1 is 1.04 bits per heavy atom. The van der Waals surface area contributed by atoms with Crippen LogP contribution in [0.25, 0.3) is 0 Å². The lowest BCUT2D eigenvalue weighted by Crippen LogP contribution is -2.41. The van der Waals surface area contributed by atoms with Crippen molar-refractivity contribution in [2.75, 3.05) is 12.4 Å². The second-order valence-electron chi connectivity index (χ2n) is 5.25. The van der Waals surface area contributed by atoms with E-state index in [4.69, 9.17) is 39.5 Å². The molecule has 1 atom stereocenters. The highest BCUT2D eigenvalue weighted by atomic mass is 35.5. The Morgan fingerprint density at radius 3 is 2.19 bits per heavy atom. The molecule has 2 rings (SSSR count). The molecular formula is C16H15Cl3N2O4S. The summed E-state index contributed by atoms with van der Waals surface area (Å²) >= 11 is 17.7. The van der Waals surface area contributed by atoms with Crippen molar-refractivity contribution in [1.82, 2.24) is 4.72 Å². The average Bonchev–Trinajstić information content (AvgIpc) is 2.59. The first-order valence-electron chi connectivity index (χ1n) is 7.26. The third kappa shape index (κ3) is 5.02. The minimum absolute atomic E-state index is 0.00511. The standard InChI is InChI=1S/C16H15Cl3N2O4S/c1-9(16(22)20-15-8-13(18)12(17)7-14(15)19)21-26(23,24)11-5-3-10(25-2)4-6-11/h3-9,21H,1-2H3,(H,20,22)/t9-/m1/s1. The van der Waals surface area contributed by atoms with Crippen molar-refractivity contribution >= 4 is 56.4 Å². The maximum atomic E-state index is 12.4. The molecule has 0 radical (unpaired) electrons.